The summed E-state index contributed by atoms with van der Waals surface area (Å²) in [7, 11) is 2.19. The van der Waals surface area contributed by atoms with Gasteiger partial charge >= 0.3 is 0 Å². The zero-order chi connectivity index (χ0) is 15.2. The number of carbonyl (C=O) groups excluding carboxylic acids is 1. The fourth-order valence-corrected chi connectivity index (χ4v) is 2.42. The van der Waals surface area contributed by atoms with E-state index < -0.39 is 12.5 Å². The minimum Gasteiger partial charge on any atom is -0.339 e. The third-order valence-electron chi connectivity index (χ3n) is 3.84. The Hall–Kier alpha value is -0.750. The van der Waals surface area contributed by atoms with Crippen molar-refractivity contribution in [2.75, 3.05) is 46.3 Å². The van der Waals surface area contributed by atoms with Crippen molar-refractivity contribution < 1.29 is 13.6 Å². The molecule has 2 fully saturated rings. The number of carbonyl (C=O) groups is 1. The lowest BCUT2D eigenvalue weighted by molar-refractivity contribution is -0.128. The summed E-state index contributed by atoms with van der Waals surface area (Å²) < 4.78 is 24.9. The Morgan fingerprint density at radius 3 is 2.10 bits per heavy atom. The second-order valence-electron chi connectivity index (χ2n) is 5.97. The molecule has 2 aliphatic rings. The van der Waals surface area contributed by atoms with Crippen LogP contribution in [-0.4, -0.2) is 79.4 Å². The van der Waals surface area contributed by atoms with Gasteiger partial charge in [-0.05, 0) is 27.3 Å². The third-order valence-corrected chi connectivity index (χ3v) is 3.84. The molecule has 0 unspecified atom stereocenters. The standard InChI is InChI=1S/C8H18N2.C6H9F2NO/c1-8(2)10-6-4-9(3)5-7-10;7-6(8)2-1-3-9(4-6)5-10/h8H,4-7H2,1-3H3;5H,1-4H2. The molecule has 6 heteroatoms. The second kappa shape index (κ2) is 7.88. The van der Waals surface area contributed by atoms with Gasteiger partial charge in [0, 0.05) is 45.2 Å². The average Bonchev–Trinajstić information content (AvgIpc) is 2.38. The van der Waals surface area contributed by atoms with Gasteiger partial charge in [0.15, 0.2) is 0 Å². The third kappa shape index (κ3) is 6.13. The summed E-state index contributed by atoms with van der Waals surface area (Å²) in [5.41, 5.74) is 0. The van der Waals surface area contributed by atoms with Gasteiger partial charge in [0.2, 0.25) is 6.41 Å². The lowest BCUT2D eigenvalue weighted by Crippen LogP contribution is -2.47. The van der Waals surface area contributed by atoms with E-state index in [0.29, 0.717) is 19.4 Å². The average molecular weight is 291 g/mol. The summed E-state index contributed by atoms with van der Waals surface area (Å²) in [6.45, 7) is 9.56. The first-order valence-corrected chi connectivity index (χ1v) is 7.34. The van der Waals surface area contributed by atoms with Crippen LogP contribution in [0.1, 0.15) is 26.7 Å². The van der Waals surface area contributed by atoms with E-state index in [9.17, 15) is 13.6 Å². The van der Waals surface area contributed by atoms with Crippen molar-refractivity contribution in [3.05, 3.63) is 0 Å². The van der Waals surface area contributed by atoms with Crippen LogP contribution in [0.3, 0.4) is 0 Å². The Balaban J connectivity index is 0.000000200. The summed E-state index contributed by atoms with van der Waals surface area (Å²) in [6.07, 6.45) is 0.802. The summed E-state index contributed by atoms with van der Waals surface area (Å²) in [5.74, 6) is -2.65. The van der Waals surface area contributed by atoms with Gasteiger partial charge in [0.1, 0.15) is 0 Å². The molecule has 2 aliphatic heterocycles. The molecule has 0 aromatic heterocycles. The van der Waals surface area contributed by atoms with Gasteiger partial charge in [-0.2, -0.15) is 0 Å². The number of nitrogens with zero attached hydrogens (tertiary/aromatic N) is 3. The normalized spacial score (nSPS) is 24.2. The van der Waals surface area contributed by atoms with Gasteiger partial charge in [-0.3, -0.25) is 9.69 Å². The lowest BCUT2D eigenvalue weighted by atomic mass is 10.1. The molecule has 0 aromatic carbocycles. The topological polar surface area (TPSA) is 26.8 Å². The highest BCUT2D eigenvalue weighted by atomic mass is 19.3. The number of amides is 1. The Kier molecular flexibility index (Phi) is 6.82. The zero-order valence-electron chi connectivity index (χ0n) is 12.8. The van der Waals surface area contributed by atoms with E-state index in [2.05, 4.69) is 30.7 Å². The highest BCUT2D eigenvalue weighted by Crippen LogP contribution is 2.25. The molecule has 0 saturated carbocycles. The Morgan fingerprint density at radius 1 is 1.10 bits per heavy atom. The van der Waals surface area contributed by atoms with Crippen molar-refractivity contribution in [3.63, 3.8) is 0 Å². The highest BCUT2D eigenvalue weighted by molar-refractivity contribution is 5.47. The van der Waals surface area contributed by atoms with E-state index in [1.807, 2.05) is 0 Å². The van der Waals surface area contributed by atoms with E-state index >= 15 is 0 Å². The van der Waals surface area contributed by atoms with Crippen molar-refractivity contribution in [1.29, 1.82) is 0 Å². The van der Waals surface area contributed by atoms with Gasteiger partial charge in [-0.25, -0.2) is 8.78 Å². The number of halogens is 2. The predicted octanol–water partition coefficient (Wildman–Crippen LogP) is 1.52. The molecule has 2 heterocycles. The van der Waals surface area contributed by atoms with Crippen LogP contribution in [0, 0.1) is 0 Å². The molecule has 118 valence electrons. The quantitative estimate of drug-likeness (QED) is 0.722. The minimum absolute atomic E-state index is 0.0860. The summed E-state index contributed by atoms with van der Waals surface area (Å²) >= 11 is 0. The molecule has 0 aliphatic carbocycles. The minimum atomic E-state index is -2.65. The number of piperidine rings is 1. The van der Waals surface area contributed by atoms with Crippen LogP contribution >= 0.6 is 0 Å². The number of hydrogen-bond donors (Lipinski definition) is 0. The molecule has 0 atom stereocenters. The first-order chi connectivity index (χ1) is 9.34. The fraction of sp³-hybridized carbons (Fsp3) is 0.929. The Bertz CT molecular complexity index is 292. The molecule has 4 nitrogen and oxygen atoms in total. The largest absolute Gasteiger partial charge is 0.339 e. The first kappa shape index (κ1) is 17.3. The lowest BCUT2D eigenvalue weighted by Gasteiger charge is -2.34. The molecular weight excluding hydrogens is 264 g/mol. The molecule has 2 rings (SSSR count). The molecule has 20 heavy (non-hydrogen) atoms. The van der Waals surface area contributed by atoms with Crippen molar-refractivity contribution in [2.24, 2.45) is 0 Å². The number of hydrogen-bond acceptors (Lipinski definition) is 3. The van der Waals surface area contributed by atoms with E-state index in [-0.39, 0.29) is 6.42 Å². The summed E-state index contributed by atoms with van der Waals surface area (Å²) in [5, 5.41) is 0. The van der Waals surface area contributed by atoms with Crippen LogP contribution in [0.25, 0.3) is 0 Å². The molecule has 0 radical (unpaired) electrons. The monoisotopic (exact) mass is 291 g/mol. The van der Waals surface area contributed by atoms with Gasteiger partial charge in [0.25, 0.3) is 5.92 Å². The van der Waals surface area contributed by atoms with Crippen molar-refractivity contribution >= 4 is 6.41 Å². The van der Waals surface area contributed by atoms with Gasteiger partial charge < -0.3 is 9.80 Å². The smallest absolute Gasteiger partial charge is 0.265 e. The molecule has 0 bridgehead atoms. The Morgan fingerprint density at radius 2 is 1.70 bits per heavy atom. The van der Waals surface area contributed by atoms with Gasteiger partial charge in [-0.15, -0.1) is 0 Å². The molecule has 0 spiro atoms. The molecular formula is C14H27F2N3O. The van der Waals surface area contributed by atoms with Crippen LogP contribution in [-0.2, 0) is 4.79 Å². The fourth-order valence-electron chi connectivity index (χ4n) is 2.42. The van der Waals surface area contributed by atoms with Crippen molar-refractivity contribution in [2.45, 2.75) is 38.7 Å². The van der Waals surface area contributed by atoms with Gasteiger partial charge in [0.05, 0.1) is 6.54 Å². The maximum Gasteiger partial charge on any atom is 0.265 e. The van der Waals surface area contributed by atoms with E-state index in [0.717, 1.165) is 10.9 Å². The number of likely N-dealkylation sites (tertiary alicyclic amines) is 1. The predicted molar refractivity (Wildman–Crippen MR) is 76.0 cm³/mol. The molecule has 2 saturated heterocycles. The maximum absolute atomic E-state index is 12.4. The van der Waals surface area contributed by atoms with E-state index in [1.54, 1.807) is 0 Å². The van der Waals surface area contributed by atoms with Crippen LogP contribution in [0.2, 0.25) is 0 Å². The number of alkyl halides is 2. The number of likely N-dealkylation sites (N-methyl/N-ethyl adjacent to an activating group) is 1. The first-order valence-electron chi connectivity index (χ1n) is 7.34. The number of rotatable bonds is 2. The maximum atomic E-state index is 12.4. The van der Waals surface area contributed by atoms with Gasteiger partial charge in [-0.1, -0.05) is 0 Å². The van der Waals surface area contributed by atoms with E-state index in [1.165, 1.54) is 26.2 Å². The second-order valence-corrected chi connectivity index (χ2v) is 5.97. The summed E-state index contributed by atoms with van der Waals surface area (Å²) in [6, 6.07) is 0.730. The molecule has 0 N–H and O–H groups in total. The van der Waals surface area contributed by atoms with Crippen molar-refractivity contribution in [3.8, 4) is 0 Å². The van der Waals surface area contributed by atoms with Crippen LogP contribution in [0.4, 0.5) is 8.78 Å². The Labute approximate surface area is 120 Å². The molecule has 1 amide bonds. The summed E-state index contributed by atoms with van der Waals surface area (Å²) in [4.78, 5) is 16.1. The SMILES string of the molecule is CC(C)N1CCN(C)CC1.O=CN1CCCC(F)(F)C1. The zero-order valence-corrected chi connectivity index (χ0v) is 12.8. The van der Waals surface area contributed by atoms with Crippen LogP contribution in [0.15, 0.2) is 0 Å². The van der Waals surface area contributed by atoms with Crippen LogP contribution in [0.5, 0.6) is 0 Å². The number of piperazine rings is 1. The highest BCUT2D eigenvalue weighted by Gasteiger charge is 2.34. The van der Waals surface area contributed by atoms with Crippen LogP contribution < -0.4 is 0 Å². The van der Waals surface area contributed by atoms with E-state index in [4.69, 9.17) is 0 Å². The van der Waals surface area contributed by atoms with Crippen molar-refractivity contribution in [1.82, 2.24) is 14.7 Å². The molecule has 0 aromatic rings.